The van der Waals surface area contributed by atoms with Crippen LogP contribution in [0.15, 0.2) is 0 Å². The molecule has 1 heterocycles. The van der Waals surface area contributed by atoms with Crippen molar-refractivity contribution in [1.82, 2.24) is 15.5 Å². The zero-order valence-corrected chi connectivity index (χ0v) is 9.16. The lowest BCUT2D eigenvalue weighted by Gasteiger charge is -2.09. The Hall–Kier alpha value is -2.12. The van der Waals surface area contributed by atoms with Crippen molar-refractivity contribution in [3.05, 3.63) is 0 Å². The molecule has 17 heavy (non-hydrogen) atoms. The summed E-state index contributed by atoms with van der Waals surface area (Å²) in [5.41, 5.74) is 5.08. The molecule has 93 valence electrons. The molecule has 1 aliphatic heterocycles. The number of rotatable bonds is 6. The van der Waals surface area contributed by atoms with E-state index in [0.717, 1.165) is 4.90 Å². The number of hydrogen-bond acceptors (Lipinski definition) is 4. The Morgan fingerprint density at radius 2 is 2.29 bits per heavy atom. The van der Waals surface area contributed by atoms with E-state index in [2.05, 4.69) is 10.6 Å². The minimum atomic E-state index is -0.607. The molecular formula is C9H14N5O3. The van der Waals surface area contributed by atoms with Crippen LogP contribution in [0.2, 0.25) is 0 Å². The van der Waals surface area contributed by atoms with Gasteiger partial charge in [-0.15, -0.1) is 0 Å². The number of urea groups is 1. The molecule has 1 rings (SSSR count). The van der Waals surface area contributed by atoms with E-state index in [1.807, 2.05) is 0 Å². The smallest absolute Gasteiger partial charge is 0.325 e. The molecular weight excluding hydrogens is 226 g/mol. The standard InChI is InChI=1S/C9H14N5O3/c10-8(11)12-3-1-2-6-7(16)14(4-5-15)9(17)13-6/h6H,1-4H2,(H,13,17)(H4,10,11,12)/t6-/m1/s1. The quantitative estimate of drug-likeness (QED) is 0.190. The fourth-order valence-electron chi connectivity index (χ4n) is 1.52. The molecule has 0 unspecified atom stereocenters. The molecule has 0 aliphatic carbocycles. The van der Waals surface area contributed by atoms with Gasteiger partial charge in [-0.05, 0) is 12.8 Å². The number of guanidine groups is 1. The number of nitrogens with zero attached hydrogens (tertiary/aromatic N) is 1. The van der Waals surface area contributed by atoms with Crippen LogP contribution in [0.5, 0.6) is 0 Å². The third-order valence-corrected chi connectivity index (χ3v) is 2.31. The Bertz CT molecular complexity index is 344. The summed E-state index contributed by atoms with van der Waals surface area (Å²) in [4.78, 5) is 33.9. The third kappa shape index (κ3) is 3.44. The largest absolute Gasteiger partial charge is 0.370 e. The normalized spacial score (nSPS) is 19.1. The first-order valence-electron chi connectivity index (χ1n) is 5.11. The second kappa shape index (κ2) is 5.83. The molecule has 1 aliphatic rings. The van der Waals surface area contributed by atoms with Gasteiger partial charge in [-0.25, -0.2) is 4.79 Å². The van der Waals surface area contributed by atoms with E-state index in [1.54, 1.807) is 0 Å². The summed E-state index contributed by atoms with van der Waals surface area (Å²) in [7, 11) is 0. The Morgan fingerprint density at radius 1 is 1.59 bits per heavy atom. The van der Waals surface area contributed by atoms with Crippen LogP contribution in [0.25, 0.3) is 0 Å². The van der Waals surface area contributed by atoms with Gasteiger partial charge in [0.25, 0.3) is 5.91 Å². The second-order valence-corrected chi connectivity index (χ2v) is 3.55. The van der Waals surface area contributed by atoms with Crippen LogP contribution in [0.4, 0.5) is 4.79 Å². The van der Waals surface area contributed by atoms with Crippen molar-refractivity contribution < 1.29 is 14.4 Å². The van der Waals surface area contributed by atoms with Crippen molar-refractivity contribution in [2.45, 2.75) is 18.9 Å². The average molecular weight is 240 g/mol. The van der Waals surface area contributed by atoms with Gasteiger partial charge in [0.2, 0.25) is 6.29 Å². The van der Waals surface area contributed by atoms with Crippen molar-refractivity contribution in [3.8, 4) is 0 Å². The van der Waals surface area contributed by atoms with Crippen LogP contribution in [-0.4, -0.2) is 48.2 Å². The average Bonchev–Trinajstić information content (AvgIpc) is 2.52. The maximum Gasteiger partial charge on any atom is 0.325 e. The molecule has 0 aromatic heterocycles. The molecule has 0 aromatic rings. The van der Waals surface area contributed by atoms with Gasteiger partial charge in [0, 0.05) is 6.54 Å². The molecule has 0 saturated carbocycles. The van der Waals surface area contributed by atoms with Crippen molar-refractivity contribution in [1.29, 1.82) is 5.41 Å². The zero-order chi connectivity index (χ0) is 12.8. The fraction of sp³-hybridized carbons (Fsp3) is 0.556. The summed E-state index contributed by atoms with van der Waals surface area (Å²) in [6.45, 7) is 0.113. The van der Waals surface area contributed by atoms with Gasteiger partial charge in [-0.2, -0.15) is 0 Å². The number of carbonyl (C=O) groups excluding carboxylic acids is 3. The Labute approximate surface area is 98.0 Å². The first-order chi connectivity index (χ1) is 8.06. The van der Waals surface area contributed by atoms with E-state index in [0.29, 0.717) is 19.4 Å². The van der Waals surface area contributed by atoms with Crippen LogP contribution in [-0.2, 0) is 9.59 Å². The van der Waals surface area contributed by atoms with Gasteiger partial charge < -0.3 is 16.4 Å². The summed E-state index contributed by atoms with van der Waals surface area (Å²) in [5.74, 6) is -0.551. The monoisotopic (exact) mass is 240 g/mol. The number of imide groups is 1. The highest BCUT2D eigenvalue weighted by atomic mass is 16.2. The van der Waals surface area contributed by atoms with Crippen LogP contribution in [0.3, 0.4) is 0 Å². The van der Waals surface area contributed by atoms with Gasteiger partial charge in [-0.1, -0.05) is 0 Å². The minimum absolute atomic E-state index is 0.135. The number of nitrogens with one attached hydrogen (secondary N) is 3. The van der Waals surface area contributed by atoms with Gasteiger partial charge >= 0.3 is 6.03 Å². The van der Waals surface area contributed by atoms with Crippen LogP contribution in [0.1, 0.15) is 12.8 Å². The molecule has 8 nitrogen and oxygen atoms in total. The number of hydrogen-bond donors (Lipinski definition) is 4. The first-order valence-corrected chi connectivity index (χ1v) is 5.11. The zero-order valence-electron chi connectivity index (χ0n) is 9.16. The molecule has 1 radical (unpaired) electrons. The molecule has 0 aromatic carbocycles. The SMILES string of the molecule is N=C(N)NCCC[C@H]1NC(=O)N(C[C]=O)C1=O. The highest BCUT2D eigenvalue weighted by Gasteiger charge is 2.37. The van der Waals surface area contributed by atoms with Crippen LogP contribution in [0, 0.1) is 5.41 Å². The second-order valence-electron chi connectivity index (χ2n) is 3.55. The topological polar surface area (TPSA) is 128 Å². The van der Waals surface area contributed by atoms with E-state index >= 15 is 0 Å². The maximum absolute atomic E-state index is 11.6. The van der Waals surface area contributed by atoms with E-state index in [9.17, 15) is 14.4 Å². The van der Waals surface area contributed by atoms with Crippen molar-refractivity contribution in [2.24, 2.45) is 5.73 Å². The van der Waals surface area contributed by atoms with Crippen LogP contribution >= 0.6 is 0 Å². The Kier molecular flexibility index (Phi) is 4.44. The van der Waals surface area contributed by atoms with Gasteiger partial charge in [-0.3, -0.25) is 19.9 Å². The molecule has 1 atom stereocenters. The number of nitrogens with two attached hydrogens (primary N) is 1. The highest BCUT2D eigenvalue weighted by Crippen LogP contribution is 2.09. The van der Waals surface area contributed by atoms with Gasteiger partial charge in [0.05, 0.1) is 6.54 Å². The molecule has 1 fully saturated rings. The molecule has 0 spiro atoms. The lowest BCUT2D eigenvalue weighted by molar-refractivity contribution is -0.127. The van der Waals surface area contributed by atoms with Gasteiger partial charge in [0.15, 0.2) is 5.96 Å². The lowest BCUT2D eigenvalue weighted by Crippen LogP contribution is -2.34. The molecule has 8 heteroatoms. The van der Waals surface area contributed by atoms with Crippen LogP contribution < -0.4 is 16.4 Å². The molecule has 5 N–H and O–H groups in total. The predicted molar refractivity (Wildman–Crippen MR) is 58.9 cm³/mol. The first kappa shape index (κ1) is 12.9. The van der Waals surface area contributed by atoms with Crippen molar-refractivity contribution in [3.63, 3.8) is 0 Å². The van der Waals surface area contributed by atoms with E-state index in [4.69, 9.17) is 11.1 Å². The summed E-state index contributed by atoms with van der Waals surface area (Å²) < 4.78 is 0. The van der Waals surface area contributed by atoms with Gasteiger partial charge in [0.1, 0.15) is 6.04 Å². The molecule has 0 bridgehead atoms. The fourth-order valence-corrected chi connectivity index (χ4v) is 1.52. The minimum Gasteiger partial charge on any atom is -0.370 e. The Morgan fingerprint density at radius 3 is 2.88 bits per heavy atom. The third-order valence-electron chi connectivity index (χ3n) is 2.31. The van der Waals surface area contributed by atoms with Crippen molar-refractivity contribution >= 4 is 24.2 Å². The molecule has 3 amide bonds. The van der Waals surface area contributed by atoms with E-state index in [1.165, 1.54) is 6.29 Å². The van der Waals surface area contributed by atoms with Crippen molar-refractivity contribution in [2.75, 3.05) is 13.1 Å². The maximum atomic E-state index is 11.6. The highest BCUT2D eigenvalue weighted by molar-refractivity contribution is 6.05. The van der Waals surface area contributed by atoms with E-state index < -0.39 is 18.0 Å². The summed E-state index contributed by atoms with van der Waals surface area (Å²) in [5, 5.41) is 12.0. The molecule has 1 saturated heterocycles. The summed E-state index contributed by atoms with van der Waals surface area (Å²) in [6, 6.07) is -1.17. The summed E-state index contributed by atoms with van der Waals surface area (Å²) in [6.07, 6.45) is 2.52. The number of amides is 3. The van der Waals surface area contributed by atoms with E-state index in [-0.39, 0.29) is 12.5 Å². The predicted octanol–water partition coefficient (Wildman–Crippen LogP) is -1.72. The Balaban J connectivity index is 2.36. The number of carbonyl (C=O) groups is 2. The lowest BCUT2D eigenvalue weighted by atomic mass is 10.1. The summed E-state index contributed by atoms with van der Waals surface area (Å²) >= 11 is 0.